The molecule has 1 aromatic rings. The molecule has 1 atom stereocenters. The third-order valence-electron chi connectivity index (χ3n) is 2.76. The summed E-state index contributed by atoms with van der Waals surface area (Å²) in [6, 6.07) is 0.524. The molecule has 0 spiro atoms. The number of hydrogen-bond acceptors (Lipinski definition) is 6. The maximum absolute atomic E-state index is 9.07. The smallest absolute Gasteiger partial charge is 0.208 e. The Morgan fingerprint density at radius 1 is 1.56 bits per heavy atom. The van der Waals surface area contributed by atoms with Crippen molar-refractivity contribution in [2.45, 2.75) is 25.8 Å². The van der Waals surface area contributed by atoms with Crippen LogP contribution in [0.15, 0.2) is 0 Å². The fraction of sp³-hybridized carbons (Fsp3) is 0.800. The van der Waals surface area contributed by atoms with Crippen molar-refractivity contribution in [2.75, 3.05) is 31.1 Å². The maximum Gasteiger partial charge on any atom is 0.208 e. The maximum atomic E-state index is 9.07. The van der Waals surface area contributed by atoms with E-state index in [1.165, 1.54) is 12.8 Å². The Labute approximate surface area is 99.5 Å². The second kappa shape index (κ2) is 5.56. The molecule has 1 aliphatic heterocycles. The van der Waals surface area contributed by atoms with Crippen LogP contribution in [0.3, 0.4) is 0 Å². The van der Waals surface area contributed by atoms with Crippen LogP contribution in [-0.4, -0.2) is 47.6 Å². The molecule has 5 nitrogen and oxygen atoms in total. The molecule has 1 saturated heterocycles. The van der Waals surface area contributed by atoms with Crippen LogP contribution in [0.1, 0.15) is 17.8 Å². The van der Waals surface area contributed by atoms with Crippen molar-refractivity contribution in [3.05, 3.63) is 5.01 Å². The Morgan fingerprint density at radius 2 is 2.44 bits per heavy atom. The summed E-state index contributed by atoms with van der Waals surface area (Å²) in [5.74, 6) is 0. The summed E-state index contributed by atoms with van der Waals surface area (Å²) >= 11 is 1.58. The van der Waals surface area contributed by atoms with Crippen LogP contribution < -0.4 is 10.2 Å². The summed E-state index contributed by atoms with van der Waals surface area (Å²) in [5, 5.41) is 22.6. The summed E-state index contributed by atoms with van der Waals surface area (Å²) in [4.78, 5) is 2.12. The molecule has 2 heterocycles. The first-order valence-corrected chi connectivity index (χ1v) is 6.50. The van der Waals surface area contributed by atoms with Gasteiger partial charge >= 0.3 is 0 Å². The van der Waals surface area contributed by atoms with Gasteiger partial charge in [0.2, 0.25) is 5.13 Å². The van der Waals surface area contributed by atoms with Gasteiger partial charge in [0.05, 0.1) is 6.61 Å². The van der Waals surface area contributed by atoms with Crippen molar-refractivity contribution in [1.29, 1.82) is 0 Å². The third kappa shape index (κ3) is 2.90. The molecule has 16 heavy (non-hydrogen) atoms. The molecule has 1 fully saturated rings. The van der Waals surface area contributed by atoms with E-state index in [1.54, 1.807) is 11.3 Å². The van der Waals surface area contributed by atoms with E-state index in [0.717, 1.165) is 23.2 Å². The van der Waals surface area contributed by atoms with Crippen molar-refractivity contribution in [3.63, 3.8) is 0 Å². The van der Waals surface area contributed by atoms with E-state index in [1.807, 2.05) is 6.92 Å². The first kappa shape index (κ1) is 11.8. The SMILES string of the molecule is Cc1nnc(N(CCO)CC2CCCN2)s1. The predicted molar refractivity (Wildman–Crippen MR) is 65.0 cm³/mol. The summed E-state index contributed by atoms with van der Waals surface area (Å²) in [6.45, 7) is 4.76. The molecule has 0 saturated carbocycles. The van der Waals surface area contributed by atoms with E-state index >= 15 is 0 Å². The zero-order valence-corrected chi connectivity index (χ0v) is 10.3. The molecule has 1 unspecified atom stereocenters. The third-order valence-corrected chi connectivity index (χ3v) is 3.66. The van der Waals surface area contributed by atoms with Crippen molar-refractivity contribution in [3.8, 4) is 0 Å². The molecule has 2 rings (SSSR count). The number of aliphatic hydroxyl groups is 1. The topological polar surface area (TPSA) is 61.3 Å². The van der Waals surface area contributed by atoms with E-state index < -0.39 is 0 Å². The van der Waals surface area contributed by atoms with Gasteiger partial charge in [0.1, 0.15) is 5.01 Å². The molecule has 1 aromatic heterocycles. The molecule has 0 amide bonds. The van der Waals surface area contributed by atoms with Gasteiger partial charge in [-0.3, -0.25) is 0 Å². The molecule has 90 valence electrons. The van der Waals surface area contributed by atoms with Gasteiger partial charge in [-0.1, -0.05) is 11.3 Å². The fourth-order valence-corrected chi connectivity index (χ4v) is 2.70. The Morgan fingerprint density at radius 3 is 3.00 bits per heavy atom. The number of aromatic nitrogens is 2. The molecule has 0 bridgehead atoms. The number of anilines is 1. The molecule has 0 aliphatic carbocycles. The van der Waals surface area contributed by atoms with E-state index in [-0.39, 0.29) is 6.61 Å². The van der Waals surface area contributed by atoms with Crippen molar-refractivity contribution < 1.29 is 5.11 Å². The first-order chi connectivity index (χ1) is 7.79. The summed E-state index contributed by atoms with van der Waals surface area (Å²) in [5.41, 5.74) is 0. The standard InChI is InChI=1S/C10H18N4OS/c1-8-12-13-10(16-8)14(5-6-15)7-9-3-2-4-11-9/h9,11,15H,2-7H2,1H3. The number of hydrogen-bond donors (Lipinski definition) is 2. The molecule has 6 heteroatoms. The highest BCUT2D eigenvalue weighted by molar-refractivity contribution is 7.15. The van der Waals surface area contributed by atoms with Crippen LogP contribution >= 0.6 is 11.3 Å². The Bertz CT molecular complexity index is 324. The van der Waals surface area contributed by atoms with Gasteiger partial charge in [-0.15, -0.1) is 10.2 Å². The first-order valence-electron chi connectivity index (χ1n) is 5.69. The summed E-state index contributed by atoms with van der Waals surface area (Å²) in [6.07, 6.45) is 2.45. The van der Waals surface area contributed by atoms with E-state index in [4.69, 9.17) is 5.11 Å². The van der Waals surface area contributed by atoms with Crippen LogP contribution in [-0.2, 0) is 0 Å². The average molecular weight is 242 g/mol. The van der Waals surface area contributed by atoms with Gasteiger partial charge in [0.25, 0.3) is 0 Å². The van der Waals surface area contributed by atoms with Gasteiger partial charge in [0.15, 0.2) is 0 Å². The minimum absolute atomic E-state index is 0.158. The lowest BCUT2D eigenvalue weighted by molar-refractivity contribution is 0.300. The molecular formula is C10H18N4OS. The molecule has 2 N–H and O–H groups in total. The molecule has 1 aliphatic rings. The quantitative estimate of drug-likeness (QED) is 0.782. The molecule has 0 aromatic carbocycles. The summed E-state index contributed by atoms with van der Waals surface area (Å²) < 4.78 is 0. The number of nitrogens with zero attached hydrogens (tertiary/aromatic N) is 3. The summed E-state index contributed by atoms with van der Waals surface area (Å²) in [7, 11) is 0. The number of aryl methyl sites for hydroxylation is 1. The number of rotatable bonds is 5. The van der Waals surface area contributed by atoms with E-state index in [9.17, 15) is 0 Å². The van der Waals surface area contributed by atoms with Crippen LogP contribution in [0.25, 0.3) is 0 Å². The minimum atomic E-state index is 0.158. The Kier molecular flexibility index (Phi) is 4.09. The Hall–Kier alpha value is -0.720. The molecular weight excluding hydrogens is 224 g/mol. The molecule has 0 radical (unpaired) electrons. The van der Waals surface area contributed by atoms with Crippen LogP contribution in [0.2, 0.25) is 0 Å². The lowest BCUT2D eigenvalue weighted by Gasteiger charge is -2.23. The zero-order chi connectivity index (χ0) is 11.4. The lowest BCUT2D eigenvalue weighted by Crippen LogP contribution is -2.39. The predicted octanol–water partition coefficient (Wildman–Crippen LogP) is 0.397. The normalized spacial score (nSPS) is 20.2. The Balaban J connectivity index is 1.98. The van der Waals surface area contributed by atoms with Gasteiger partial charge in [0, 0.05) is 19.1 Å². The van der Waals surface area contributed by atoms with E-state index in [0.29, 0.717) is 12.6 Å². The lowest BCUT2D eigenvalue weighted by atomic mass is 10.2. The van der Waals surface area contributed by atoms with Gasteiger partial charge < -0.3 is 15.3 Å². The highest BCUT2D eigenvalue weighted by Gasteiger charge is 2.19. The van der Waals surface area contributed by atoms with Gasteiger partial charge in [-0.25, -0.2) is 0 Å². The van der Waals surface area contributed by atoms with Crippen molar-refractivity contribution in [1.82, 2.24) is 15.5 Å². The van der Waals surface area contributed by atoms with Crippen molar-refractivity contribution in [2.24, 2.45) is 0 Å². The van der Waals surface area contributed by atoms with Gasteiger partial charge in [-0.2, -0.15) is 0 Å². The highest BCUT2D eigenvalue weighted by atomic mass is 32.1. The van der Waals surface area contributed by atoms with Crippen LogP contribution in [0.5, 0.6) is 0 Å². The second-order valence-corrected chi connectivity index (χ2v) is 5.23. The number of aliphatic hydroxyl groups excluding tert-OH is 1. The van der Waals surface area contributed by atoms with Crippen LogP contribution in [0, 0.1) is 6.92 Å². The number of nitrogens with one attached hydrogen (secondary N) is 1. The van der Waals surface area contributed by atoms with Crippen LogP contribution in [0.4, 0.5) is 5.13 Å². The fourth-order valence-electron chi connectivity index (χ4n) is 1.98. The highest BCUT2D eigenvalue weighted by Crippen LogP contribution is 2.20. The second-order valence-electron chi connectivity index (χ2n) is 4.07. The largest absolute Gasteiger partial charge is 0.395 e. The average Bonchev–Trinajstić information content (AvgIpc) is 2.88. The van der Waals surface area contributed by atoms with E-state index in [2.05, 4.69) is 20.4 Å². The monoisotopic (exact) mass is 242 g/mol. The minimum Gasteiger partial charge on any atom is -0.395 e. The zero-order valence-electron chi connectivity index (χ0n) is 9.52. The van der Waals surface area contributed by atoms with Gasteiger partial charge in [-0.05, 0) is 26.3 Å². The van der Waals surface area contributed by atoms with Crippen molar-refractivity contribution >= 4 is 16.5 Å².